The standard InChI is InChI=1S/C20H24N2OSi/c1-14-12-20-18(13-16(14)22-11-10-21(3)15(22)2)23-17-8-6-7-9-19(17)24(20,4)5/h6-13,15H,1-5H3/t15-/m0/s1. The Kier molecular flexibility index (Phi) is 3.29. The van der Waals surface area contributed by atoms with Crippen molar-refractivity contribution in [3.63, 3.8) is 0 Å². The van der Waals surface area contributed by atoms with E-state index >= 15 is 0 Å². The van der Waals surface area contributed by atoms with Gasteiger partial charge in [-0.1, -0.05) is 37.4 Å². The van der Waals surface area contributed by atoms with Gasteiger partial charge in [0.15, 0.2) is 0 Å². The molecule has 2 aliphatic heterocycles. The van der Waals surface area contributed by atoms with Crippen LogP contribution in [0.4, 0.5) is 5.69 Å². The third kappa shape index (κ3) is 2.09. The van der Waals surface area contributed by atoms with Crippen LogP contribution in [0.1, 0.15) is 12.5 Å². The van der Waals surface area contributed by atoms with Crippen LogP contribution in [0.25, 0.3) is 0 Å². The van der Waals surface area contributed by atoms with Gasteiger partial charge < -0.3 is 14.5 Å². The lowest BCUT2D eigenvalue weighted by Crippen LogP contribution is -2.56. The van der Waals surface area contributed by atoms with Crippen LogP contribution in [0.2, 0.25) is 13.1 Å². The minimum absolute atomic E-state index is 0.322. The molecule has 24 heavy (non-hydrogen) atoms. The Balaban J connectivity index is 1.84. The Labute approximate surface area is 145 Å². The zero-order valence-electron chi connectivity index (χ0n) is 15.0. The molecule has 0 N–H and O–H groups in total. The van der Waals surface area contributed by atoms with Gasteiger partial charge in [0.1, 0.15) is 25.7 Å². The van der Waals surface area contributed by atoms with Gasteiger partial charge in [-0.2, -0.15) is 0 Å². The molecule has 0 aliphatic carbocycles. The molecule has 0 fully saturated rings. The molecule has 0 saturated heterocycles. The van der Waals surface area contributed by atoms with Crippen molar-refractivity contribution in [3.8, 4) is 11.5 Å². The molecular weight excluding hydrogens is 312 g/mol. The topological polar surface area (TPSA) is 15.7 Å². The van der Waals surface area contributed by atoms with Crippen LogP contribution in [-0.4, -0.2) is 26.2 Å². The van der Waals surface area contributed by atoms with Gasteiger partial charge >= 0.3 is 0 Å². The molecule has 4 rings (SSSR count). The van der Waals surface area contributed by atoms with E-state index in [1.807, 2.05) is 0 Å². The summed E-state index contributed by atoms with van der Waals surface area (Å²) in [4.78, 5) is 4.53. The molecule has 0 aromatic heterocycles. The molecule has 0 saturated carbocycles. The number of rotatable bonds is 1. The molecule has 0 bridgehead atoms. The number of benzene rings is 2. The van der Waals surface area contributed by atoms with Gasteiger partial charge in [-0.15, -0.1) is 0 Å². The highest BCUT2D eigenvalue weighted by Crippen LogP contribution is 2.35. The van der Waals surface area contributed by atoms with Gasteiger partial charge in [0.25, 0.3) is 0 Å². The van der Waals surface area contributed by atoms with E-state index in [0.29, 0.717) is 6.17 Å². The summed E-state index contributed by atoms with van der Waals surface area (Å²) >= 11 is 0. The molecule has 2 heterocycles. The van der Waals surface area contributed by atoms with E-state index in [1.54, 1.807) is 0 Å². The minimum atomic E-state index is -1.73. The predicted molar refractivity (Wildman–Crippen MR) is 103 cm³/mol. The lowest BCUT2D eigenvalue weighted by atomic mass is 10.1. The first-order valence-electron chi connectivity index (χ1n) is 8.50. The number of ether oxygens (including phenoxy) is 1. The van der Waals surface area contributed by atoms with Crippen molar-refractivity contribution >= 4 is 24.1 Å². The number of hydrogen-bond donors (Lipinski definition) is 0. The zero-order valence-corrected chi connectivity index (χ0v) is 16.0. The van der Waals surface area contributed by atoms with E-state index in [2.05, 4.69) is 92.6 Å². The molecular formula is C20H24N2OSi. The monoisotopic (exact) mass is 336 g/mol. The summed E-state index contributed by atoms with van der Waals surface area (Å²) in [5.74, 6) is 2.06. The fourth-order valence-electron chi connectivity index (χ4n) is 3.77. The first kappa shape index (κ1) is 15.3. The molecule has 124 valence electrons. The maximum absolute atomic E-state index is 6.30. The minimum Gasteiger partial charge on any atom is -0.458 e. The molecule has 2 aromatic carbocycles. The maximum atomic E-state index is 6.30. The van der Waals surface area contributed by atoms with Gasteiger partial charge in [0.05, 0.1) is 0 Å². The average Bonchev–Trinajstić information content (AvgIpc) is 2.88. The van der Waals surface area contributed by atoms with Gasteiger partial charge in [-0.05, 0) is 35.9 Å². The Morgan fingerprint density at radius 2 is 1.75 bits per heavy atom. The van der Waals surface area contributed by atoms with Crippen molar-refractivity contribution < 1.29 is 4.74 Å². The second kappa shape index (κ2) is 5.15. The largest absolute Gasteiger partial charge is 0.458 e. The number of aryl methyl sites for hydroxylation is 1. The van der Waals surface area contributed by atoms with E-state index in [9.17, 15) is 0 Å². The van der Waals surface area contributed by atoms with Crippen LogP contribution >= 0.6 is 0 Å². The molecule has 2 aliphatic rings. The summed E-state index contributed by atoms with van der Waals surface area (Å²) in [5, 5.41) is 2.78. The van der Waals surface area contributed by atoms with Crippen molar-refractivity contribution in [1.29, 1.82) is 0 Å². The molecule has 3 nitrogen and oxygen atoms in total. The molecule has 0 radical (unpaired) electrons. The molecule has 0 unspecified atom stereocenters. The number of nitrogens with zero attached hydrogens (tertiary/aromatic N) is 2. The Morgan fingerprint density at radius 1 is 1.00 bits per heavy atom. The summed E-state index contributed by atoms with van der Waals surface area (Å²) in [6, 6.07) is 13.1. The van der Waals surface area contributed by atoms with Crippen LogP contribution in [-0.2, 0) is 0 Å². The Hall–Kier alpha value is -2.20. The van der Waals surface area contributed by atoms with E-state index < -0.39 is 8.07 Å². The number of anilines is 1. The first-order chi connectivity index (χ1) is 11.4. The molecule has 4 heteroatoms. The third-order valence-corrected chi connectivity index (χ3v) is 8.98. The molecule has 0 spiro atoms. The lowest BCUT2D eigenvalue weighted by Gasteiger charge is -2.35. The highest BCUT2D eigenvalue weighted by Gasteiger charge is 2.37. The van der Waals surface area contributed by atoms with E-state index in [4.69, 9.17) is 4.74 Å². The lowest BCUT2D eigenvalue weighted by molar-refractivity contribution is 0.382. The van der Waals surface area contributed by atoms with Crippen molar-refractivity contribution in [2.75, 3.05) is 11.9 Å². The number of fused-ring (bicyclic) bond motifs is 2. The second-order valence-electron chi connectivity index (χ2n) is 7.36. The van der Waals surface area contributed by atoms with Gasteiger partial charge in [-0.3, -0.25) is 0 Å². The average molecular weight is 337 g/mol. The van der Waals surface area contributed by atoms with Crippen LogP contribution in [0.5, 0.6) is 11.5 Å². The van der Waals surface area contributed by atoms with Crippen molar-refractivity contribution in [2.45, 2.75) is 33.1 Å². The Bertz CT molecular complexity index is 844. The quantitative estimate of drug-likeness (QED) is 0.742. The van der Waals surface area contributed by atoms with Crippen LogP contribution in [0.15, 0.2) is 48.8 Å². The van der Waals surface area contributed by atoms with E-state index in [0.717, 1.165) is 11.5 Å². The third-order valence-electron chi connectivity index (χ3n) is 5.48. The summed E-state index contributed by atoms with van der Waals surface area (Å²) in [6.45, 7) is 9.25. The van der Waals surface area contributed by atoms with Crippen LogP contribution in [0, 0.1) is 6.92 Å². The van der Waals surface area contributed by atoms with Crippen molar-refractivity contribution in [2.24, 2.45) is 0 Å². The maximum Gasteiger partial charge on any atom is 0.129 e. The van der Waals surface area contributed by atoms with Crippen LogP contribution in [0.3, 0.4) is 0 Å². The summed E-state index contributed by atoms with van der Waals surface area (Å²) in [5.41, 5.74) is 2.54. The van der Waals surface area contributed by atoms with E-state index in [-0.39, 0.29) is 0 Å². The smallest absolute Gasteiger partial charge is 0.129 e. The molecule has 1 atom stereocenters. The Morgan fingerprint density at radius 3 is 2.46 bits per heavy atom. The summed E-state index contributed by atoms with van der Waals surface area (Å²) in [6.07, 6.45) is 4.60. The number of hydrogen-bond acceptors (Lipinski definition) is 3. The fraction of sp³-hybridized carbons (Fsp3) is 0.300. The second-order valence-corrected chi connectivity index (χ2v) is 11.7. The summed E-state index contributed by atoms with van der Waals surface area (Å²) in [7, 11) is 0.381. The highest BCUT2D eigenvalue weighted by atomic mass is 28.3. The van der Waals surface area contributed by atoms with Crippen molar-refractivity contribution in [1.82, 2.24) is 4.90 Å². The zero-order chi connectivity index (χ0) is 17.1. The number of para-hydroxylation sites is 1. The van der Waals surface area contributed by atoms with E-state index in [1.165, 1.54) is 21.6 Å². The predicted octanol–water partition coefficient (Wildman–Crippen LogP) is 3.49. The fourth-order valence-corrected chi connectivity index (χ4v) is 6.64. The highest BCUT2D eigenvalue weighted by molar-refractivity contribution is 7.01. The van der Waals surface area contributed by atoms with Gasteiger partial charge in [-0.25, -0.2) is 0 Å². The first-order valence-corrected chi connectivity index (χ1v) is 11.5. The SMILES string of the molecule is Cc1cc2c(cc1N1C=CN(C)[C@@H]1C)Oc1ccccc1[Si]2(C)C. The van der Waals surface area contributed by atoms with Crippen LogP contribution < -0.4 is 20.0 Å². The normalized spacial score (nSPS) is 20.6. The van der Waals surface area contributed by atoms with Gasteiger partial charge in [0, 0.05) is 31.2 Å². The molecule has 2 aromatic rings. The van der Waals surface area contributed by atoms with Gasteiger partial charge in [0.2, 0.25) is 0 Å². The van der Waals surface area contributed by atoms with Crippen molar-refractivity contribution in [3.05, 3.63) is 54.4 Å². The summed E-state index contributed by atoms with van der Waals surface area (Å²) < 4.78 is 6.30. The molecule has 0 amide bonds.